The largest absolute Gasteiger partial charge is 0.478 e. The molecule has 20 heavy (non-hydrogen) atoms. The predicted octanol–water partition coefficient (Wildman–Crippen LogP) is 3.79. The van der Waals surface area contributed by atoms with Gasteiger partial charge in [0.25, 0.3) is 6.43 Å². The van der Waals surface area contributed by atoms with Gasteiger partial charge in [-0.05, 0) is 24.5 Å². The lowest BCUT2D eigenvalue weighted by atomic mass is 10.0. The van der Waals surface area contributed by atoms with Crippen LogP contribution in [0.4, 0.5) is 8.78 Å². The number of benzene rings is 1. The molecule has 0 radical (unpaired) electrons. The molecule has 0 spiro atoms. The van der Waals surface area contributed by atoms with E-state index in [1.54, 1.807) is 13.8 Å². The van der Waals surface area contributed by atoms with Crippen molar-refractivity contribution in [1.29, 1.82) is 0 Å². The SMILES string of the molecule is CCc1c(C(=O)O)ccc(C(F)F)c1[S@@](=O)[C@@H](C)CC. The lowest BCUT2D eigenvalue weighted by Gasteiger charge is -2.18. The van der Waals surface area contributed by atoms with Crippen LogP contribution in [-0.4, -0.2) is 20.5 Å². The molecule has 0 saturated carbocycles. The van der Waals surface area contributed by atoms with E-state index in [4.69, 9.17) is 5.11 Å². The van der Waals surface area contributed by atoms with Crippen LogP contribution in [0.5, 0.6) is 0 Å². The average molecular weight is 304 g/mol. The van der Waals surface area contributed by atoms with Gasteiger partial charge in [0.15, 0.2) is 0 Å². The summed E-state index contributed by atoms with van der Waals surface area (Å²) in [6.07, 6.45) is -1.96. The summed E-state index contributed by atoms with van der Waals surface area (Å²) in [6, 6.07) is 2.24. The first kappa shape index (κ1) is 16.8. The van der Waals surface area contributed by atoms with Crippen molar-refractivity contribution < 1.29 is 22.9 Å². The molecule has 3 nitrogen and oxygen atoms in total. The van der Waals surface area contributed by atoms with E-state index in [1.165, 1.54) is 6.07 Å². The molecule has 0 aliphatic rings. The highest BCUT2D eigenvalue weighted by Gasteiger charge is 2.26. The number of carboxylic acid groups (broad SMARTS) is 1. The van der Waals surface area contributed by atoms with Gasteiger partial charge in [0.2, 0.25) is 0 Å². The standard InChI is InChI=1S/C14H18F2O3S/c1-4-8(3)20(19)12-9(5-2)10(14(17)18)6-7-11(12)13(15)16/h6-8,13H,4-5H2,1-3H3,(H,17,18)/t8-,20-/m0/s1. The fraction of sp³-hybridized carbons (Fsp3) is 0.500. The Morgan fingerprint density at radius 2 is 1.95 bits per heavy atom. The van der Waals surface area contributed by atoms with E-state index in [-0.39, 0.29) is 33.3 Å². The third-order valence-electron chi connectivity index (χ3n) is 3.25. The van der Waals surface area contributed by atoms with Crippen LogP contribution < -0.4 is 0 Å². The van der Waals surface area contributed by atoms with Gasteiger partial charge in [0, 0.05) is 10.8 Å². The predicted molar refractivity (Wildman–Crippen MR) is 73.9 cm³/mol. The molecule has 1 aromatic rings. The van der Waals surface area contributed by atoms with Crippen LogP contribution in [-0.2, 0) is 17.2 Å². The summed E-state index contributed by atoms with van der Waals surface area (Å²) < 4.78 is 38.7. The summed E-state index contributed by atoms with van der Waals surface area (Å²) >= 11 is 0. The number of alkyl halides is 2. The average Bonchev–Trinajstić information content (AvgIpc) is 2.43. The van der Waals surface area contributed by atoms with E-state index >= 15 is 0 Å². The smallest absolute Gasteiger partial charge is 0.336 e. The van der Waals surface area contributed by atoms with Crippen molar-refractivity contribution in [1.82, 2.24) is 0 Å². The van der Waals surface area contributed by atoms with Crippen molar-refractivity contribution >= 4 is 16.8 Å². The Hall–Kier alpha value is -1.30. The first-order valence-electron chi connectivity index (χ1n) is 6.42. The van der Waals surface area contributed by atoms with E-state index in [0.717, 1.165) is 6.07 Å². The van der Waals surface area contributed by atoms with Crippen LogP contribution in [0.15, 0.2) is 17.0 Å². The number of hydrogen-bond acceptors (Lipinski definition) is 2. The Labute approximate surface area is 119 Å². The molecule has 1 aromatic carbocycles. The van der Waals surface area contributed by atoms with E-state index in [1.807, 2.05) is 6.92 Å². The van der Waals surface area contributed by atoms with Gasteiger partial charge in [-0.25, -0.2) is 13.6 Å². The van der Waals surface area contributed by atoms with Crippen LogP contribution in [0.1, 0.15) is 55.1 Å². The number of carboxylic acids is 1. The van der Waals surface area contributed by atoms with Crippen LogP contribution in [0, 0.1) is 0 Å². The molecule has 0 fully saturated rings. The second kappa shape index (κ2) is 6.92. The topological polar surface area (TPSA) is 54.4 Å². The van der Waals surface area contributed by atoms with Crippen molar-refractivity contribution in [2.45, 2.75) is 50.2 Å². The Bertz CT molecular complexity index is 529. The lowest BCUT2D eigenvalue weighted by molar-refractivity contribution is 0.0694. The van der Waals surface area contributed by atoms with Crippen LogP contribution in [0.25, 0.3) is 0 Å². The number of rotatable bonds is 6. The third-order valence-corrected chi connectivity index (χ3v) is 5.20. The van der Waals surface area contributed by atoms with Crippen LogP contribution in [0.3, 0.4) is 0 Å². The van der Waals surface area contributed by atoms with Gasteiger partial charge in [0.1, 0.15) is 0 Å². The highest BCUT2D eigenvalue weighted by Crippen LogP contribution is 2.32. The molecule has 6 heteroatoms. The summed E-state index contributed by atoms with van der Waals surface area (Å²) in [4.78, 5) is 11.2. The van der Waals surface area contributed by atoms with Gasteiger partial charge in [0.05, 0.1) is 21.3 Å². The van der Waals surface area contributed by atoms with Crippen molar-refractivity contribution in [2.75, 3.05) is 0 Å². The van der Waals surface area contributed by atoms with Gasteiger partial charge >= 0.3 is 5.97 Å². The summed E-state index contributed by atoms with van der Waals surface area (Å²) in [6.45, 7) is 5.20. The van der Waals surface area contributed by atoms with E-state index < -0.39 is 23.2 Å². The van der Waals surface area contributed by atoms with Crippen molar-refractivity contribution in [3.8, 4) is 0 Å². The van der Waals surface area contributed by atoms with Gasteiger partial charge < -0.3 is 5.11 Å². The van der Waals surface area contributed by atoms with Crippen molar-refractivity contribution in [2.24, 2.45) is 0 Å². The second-order valence-electron chi connectivity index (χ2n) is 4.49. The maximum absolute atomic E-state index is 13.1. The molecule has 0 bridgehead atoms. The number of halogens is 2. The summed E-state index contributed by atoms with van der Waals surface area (Å²) in [5.74, 6) is -1.19. The second-order valence-corrected chi connectivity index (χ2v) is 6.29. The van der Waals surface area contributed by atoms with E-state index in [9.17, 15) is 17.8 Å². The first-order chi connectivity index (χ1) is 9.34. The molecular weight excluding hydrogens is 286 g/mol. The Kier molecular flexibility index (Phi) is 5.80. The first-order valence-corrected chi connectivity index (χ1v) is 7.64. The molecule has 0 aromatic heterocycles. The third kappa shape index (κ3) is 3.23. The zero-order valence-electron chi connectivity index (χ0n) is 11.7. The minimum atomic E-state index is -2.77. The quantitative estimate of drug-likeness (QED) is 0.870. The zero-order chi connectivity index (χ0) is 15.4. The fourth-order valence-corrected chi connectivity index (χ4v) is 3.55. The minimum absolute atomic E-state index is 0.00301. The maximum atomic E-state index is 13.1. The van der Waals surface area contributed by atoms with Crippen LogP contribution >= 0.6 is 0 Å². The highest BCUT2D eigenvalue weighted by molar-refractivity contribution is 7.85. The maximum Gasteiger partial charge on any atom is 0.336 e. The Balaban J connectivity index is 3.61. The van der Waals surface area contributed by atoms with Gasteiger partial charge in [-0.1, -0.05) is 26.8 Å². The fourth-order valence-electron chi connectivity index (χ4n) is 1.96. The molecule has 1 N–H and O–H groups in total. The number of hydrogen-bond donors (Lipinski definition) is 1. The Morgan fingerprint density at radius 3 is 2.35 bits per heavy atom. The Morgan fingerprint density at radius 1 is 1.35 bits per heavy atom. The van der Waals surface area contributed by atoms with Gasteiger partial charge in [-0.3, -0.25) is 4.21 Å². The molecule has 0 amide bonds. The molecule has 1 rings (SSSR count). The monoisotopic (exact) mass is 304 g/mol. The number of carbonyl (C=O) groups is 1. The summed E-state index contributed by atoms with van der Waals surface area (Å²) in [7, 11) is -1.64. The summed E-state index contributed by atoms with van der Waals surface area (Å²) in [5, 5.41) is 8.84. The summed E-state index contributed by atoms with van der Waals surface area (Å²) in [5.41, 5.74) is -0.136. The zero-order valence-corrected chi connectivity index (χ0v) is 12.5. The number of aromatic carboxylic acids is 1. The minimum Gasteiger partial charge on any atom is -0.478 e. The molecule has 0 unspecified atom stereocenters. The lowest BCUT2D eigenvalue weighted by Crippen LogP contribution is -2.16. The normalized spacial score (nSPS) is 14.3. The van der Waals surface area contributed by atoms with Gasteiger partial charge in [-0.2, -0.15) is 0 Å². The van der Waals surface area contributed by atoms with E-state index in [2.05, 4.69) is 0 Å². The van der Waals surface area contributed by atoms with Gasteiger partial charge in [-0.15, -0.1) is 0 Å². The van der Waals surface area contributed by atoms with E-state index in [0.29, 0.717) is 6.42 Å². The van der Waals surface area contributed by atoms with Crippen molar-refractivity contribution in [3.05, 3.63) is 28.8 Å². The van der Waals surface area contributed by atoms with Crippen molar-refractivity contribution in [3.63, 3.8) is 0 Å². The molecule has 2 atom stereocenters. The molecule has 0 heterocycles. The molecule has 0 aliphatic heterocycles. The highest BCUT2D eigenvalue weighted by atomic mass is 32.2. The molecule has 0 saturated heterocycles. The molecule has 112 valence electrons. The van der Waals surface area contributed by atoms with Crippen LogP contribution in [0.2, 0.25) is 0 Å². The molecular formula is C14H18F2O3S. The molecule has 0 aliphatic carbocycles.